The molecule has 2 aromatic rings. The number of benzene rings is 2. The van der Waals surface area contributed by atoms with Gasteiger partial charge < -0.3 is 0 Å². The van der Waals surface area contributed by atoms with Crippen molar-refractivity contribution >= 4 is 44.3 Å². The zero-order valence-electron chi connectivity index (χ0n) is 23.4. The van der Waals surface area contributed by atoms with Crippen LogP contribution < -0.4 is 0 Å². The van der Waals surface area contributed by atoms with Gasteiger partial charge in [-0.3, -0.25) is 22.4 Å². The average molecular weight is 645 g/mol. The van der Waals surface area contributed by atoms with Gasteiger partial charge in [-0.05, 0) is 25.7 Å². The molecular weight excluding hydrogens is 603 g/mol. The summed E-state index contributed by atoms with van der Waals surface area (Å²) < 4.78 is 9.04. The highest BCUT2D eigenvalue weighted by Gasteiger charge is 2.35. The van der Waals surface area contributed by atoms with Crippen molar-refractivity contribution in [3.63, 3.8) is 0 Å². The molecule has 0 unspecified atom stereocenters. The van der Waals surface area contributed by atoms with Gasteiger partial charge in [-0.1, -0.05) is 113 Å². The maximum absolute atomic E-state index is 13.4. The summed E-state index contributed by atoms with van der Waals surface area (Å²) in [6.07, 6.45) is 13.3. The topological polar surface area (TPSA) is 69.7 Å². The van der Waals surface area contributed by atoms with Gasteiger partial charge >= 0.3 is 0 Å². The third-order valence-electron chi connectivity index (χ3n) is 7.97. The smallest absolute Gasteiger partial charge is 0.189 e. The molecule has 39 heavy (non-hydrogen) atoms. The Hall–Kier alpha value is -2.61. The van der Waals surface area contributed by atoms with E-state index in [-0.39, 0.29) is 22.4 Å². The molecule has 6 heteroatoms. The minimum absolute atomic E-state index is 0.0562. The van der Waals surface area contributed by atoms with Gasteiger partial charge in [0.1, 0.15) is 21.2 Å². The Morgan fingerprint density at radius 2 is 0.949 bits per heavy atom. The van der Waals surface area contributed by atoms with Crippen LogP contribution in [0.5, 0.6) is 0 Å². The van der Waals surface area contributed by atoms with E-state index in [1.54, 1.807) is 17.1 Å². The Labute approximate surface area is 243 Å². The molecule has 0 saturated heterocycles. The van der Waals surface area contributed by atoms with Crippen LogP contribution in [0, 0.1) is 10.8 Å². The van der Waals surface area contributed by atoms with Crippen molar-refractivity contribution in [3.8, 4) is 0 Å². The number of halogens is 1. The number of rotatable bonds is 9. The summed E-state index contributed by atoms with van der Waals surface area (Å²) in [6, 6.07) is 19.0. The molecule has 0 atom stereocenters. The second-order valence-corrected chi connectivity index (χ2v) is 11.9. The molecule has 210 valence electrons. The Morgan fingerprint density at radius 1 is 0.641 bits per heavy atom. The van der Waals surface area contributed by atoms with Crippen LogP contribution in [0.4, 0.5) is 0 Å². The van der Waals surface area contributed by atoms with Crippen molar-refractivity contribution in [3.05, 3.63) is 83.9 Å². The van der Waals surface area contributed by atoms with Crippen molar-refractivity contribution in [2.24, 2.45) is 10.8 Å². The Morgan fingerprint density at radius 3 is 1.26 bits per heavy atom. The van der Waals surface area contributed by atoms with E-state index in [4.69, 9.17) is 12.8 Å². The first-order valence-electron chi connectivity index (χ1n) is 13.9. The average Bonchev–Trinajstić information content (AvgIpc) is 2.96. The molecule has 0 aliphatic heterocycles. The summed E-state index contributed by atoms with van der Waals surface area (Å²) >= 11 is -0.660. The quantitative estimate of drug-likeness (QED) is 0.0681. The standard InChI is InChI=1S/C32H38O4.CH3IO/c1-31(19-11-5-12-20-31)29(33)23-27(25-15-7-3-8-16-25)35-36-28(26-17-9-4-10-18-26)24-30(34)32(2)21-13-6-14-22-32;1-2-3/h3-4,7-10,15-18,23-24H,5-6,11-14,19-22H2,1-2H3;1H3/b27-23-,28-24-;. The summed E-state index contributed by atoms with van der Waals surface area (Å²) in [5.41, 5.74) is 0.739. The third-order valence-corrected chi connectivity index (χ3v) is 7.97. The highest BCUT2D eigenvalue weighted by molar-refractivity contribution is 14.1. The number of allylic oxidation sites excluding steroid dienone is 2. The van der Waals surface area contributed by atoms with Crippen LogP contribution in [0.2, 0.25) is 0 Å². The van der Waals surface area contributed by atoms with Gasteiger partial charge in [0.25, 0.3) is 0 Å². The number of alkyl halides is 1. The number of carbonyl (C=O) groups is 2. The predicted octanol–water partition coefficient (Wildman–Crippen LogP) is 9.03. The number of carbonyl (C=O) groups excluding carboxylic acids is 2. The maximum atomic E-state index is 13.4. The second kappa shape index (κ2) is 15.2. The number of hydrogen-bond acceptors (Lipinski definition) is 5. The molecule has 2 fully saturated rings. The molecule has 2 aliphatic rings. The van der Waals surface area contributed by atoms with E-state index in [0.29, 0.717) is 11.5 Å². The van der Waals surface area contributed by atoms with Crippen LogP contribution in [0.15, 0.2) is 72.8 Å². The van der Waals surface area contributed by atoms with E-state index in [1.165, 1.54) is 12.8 Å². The molecular formula is C33H41IO5. The number of ketones is 2. The van der Waals surface area contributed by atoms with Crippen molar-refractivity contribution in [1.29, 1.82) is 0 Å². The Bertz CT molecular complexity index is 1050. The Balaban J connectivity index is 0.00000134. The first-order chi connectivity index (χ1) is 18.8. The lowest BCUT2D eigenvalue weighted by atomic mass is 9.72. The van der Waals surface area contributed by atoms with Crippen molar-refractivity contribution in [2.75, 3.05) is 4.93 Å². The molecule has 2 aromatic carbocycles. The maximum Gasteiger partial charge on any atom is 0.189 e. The highest BCUT2D eigenvalue weighted by atomic mass is 127. The first kappa shape index (κ1) is 30.9. The van der Waals surface area contributed by atoms with Crippen LogP contribution in [0.1, 0.15) is 89.2 Å². The van der Waals surface area contributed by atoms with Crippen LogP contribution in [-0.4, -0.2) is 16.5 Å². The van der Waals surface area contributed by atoms with Crippen LogP contribution in [0.3, 0.4) is 0 Å². The first-order valence-corrected chi connectivity index (χ1v) is 16.9. The Kier molecular flexibility index (Phi) is 12.1. The van der Waals surface area contributed by atoms with E-state index >= 15 is 0 Å². The molecule has 5 nitrogen and oxygen atoms in total. The highest BCUT2D eigenvalue weighted by Crippen LogP contribution is 2.39. The van der Waals surface area contributed by atoms with Gasteiger partial charge in [0, 0.05) is 39.0 Å². The lowest BCUT2D eigenvalue weighted by Gasteiger charge is -2.31. The summed E-state index contributed by atoms with van der Waals surface area (Å²) in [5, 5.41) is 0. The number of hydrogen-bond donors (Lipinski definition) is 0. The molecule has 0 amide bonds. The summed E-state index contributed by atoms with van der Waals surface area (Å²) in [4.78, 5) is 40.2. The summed E-state index contributed by atoms with van der Waals surface area (Å²) in [7, 11) is 0. The molecule has 0 N–H and O–H groups in total. The zero-order valence-corrected chi connectivity index (χ0v) is 25.6. The molecule has 0 spiro atoms. The van der Waals surface area contributed by atoms with Crippen molar-refractivity contribution in [2.45, 2.75) is 78.1 Å². The van der Waals surface area contributed by atoms with Crippen LogP contribution in [0.25, 0.3) is 11.5 Å². The second-order valence-electron chi connectivity index (χ2n) is 11.0. The van der Waals surface area contributed by atoms with E-state index in [0.717, 1.165) is 62.5 Å². The van der Waals surface area contributed by atoms with Gasteiger partial charge in [0.05, 0.1) is 0 Å². The monoisotopic (exact) mass is 644 g/mol. The minimum atomic E-state index is -0.660. The van der Waals surface area contributed by atoms with Gasteiger partial charge in [0.2, 0.25) is 0 Å². The van der Waals surface area contributed by atoms with Gasteiger partial charge in [-0.15, -0.1) is 0 Å². The molecule has 0 radical (unpaired) electrons. The van der Waals surface area contributed by atoms with Gasteiger partial charge in [-0.2, -0.15) is 0 Å². The zero-order chi connectivity index (χ0) is 28.1. The van der Waals surface area contributed by atoms with Gasteiger partial charge in [-0.25, -0.2) is 0 Å². The van der Waals surface area contributed by atoms with Crippen LogP contribution >= 0.6 is 21.2 Å². The summed E-state index contributed by atoms with van der Waals surface area (Å²) in [5.74, 6) is 0.817. The fraction of sp³-hybridized carbons (Fsp3) is 0.455. The SMILES string of the molecule is CC1(C(=O)/C=C(\OO/C(=C\C(=O)C2(C)CCCCC2)c2ccccc2)c2ccccc2)CCCCC1.CI=O. The molecule has 0 aromatic heterocycles. The molecule has 0 bridgehead atoms. The predicted molar refractivity (Wildman–Crippen MR) is 164 cm³/mol. The lowest BCUT2D eigenvalue weighted by molar-refractivity contribution is -0.165. The summed E-state index contributed by atoms with van der Waals surface area (Å²) in [6.45, 7) is 4.10. The lowest BCUT2D eigenvalue weighted by Crippen LogP contribution is -2.29. The molecule has 0 heterocycles. The van der Waals surface area contributed by atoms with Crippen molar-refractivity contribution < 1.29 is 22.4 Å². The van der Waals surface area contributed by atoms with Crippen molar-refractivity contribution in [1.82, 2.24) is 0 Å². The molecule has 2 aliphatic carbocycles. The van der Waals surface area contributed by atoms with Crippen LogP contribution in [-0.2, 0) is 22.4 Å². The largest absolute Gasteiger partial charge is 0.294 e. The molecule has 2 saturated carbocycles. The minimum Gasteiger partial charge on any atom is -0.294 e. The molecule has 4 rings (SSSR count). The normalized spacial score (nSPS) is 18.7. The van der Waals surface area contributed by atoms with E-state index in [2.05, 4.69) is 0 Å². The van der Waals surface area contributed by atoms with E-state index in [1.807, 2.05) is 74.5 Å². The fourth-order valence-electron chi connectivity index (χ4n) is 5.35. The third kappa shape index (κ3) is 8.95. The van der Waals surface area contributed by atoms with E-state index in [9.17, 15) is 9.59 Å². The van der Waals surface area contributed by atoms with Gasteiger partial charge in [0.15, 0.2) is 23.1 Å². The van der Waals surface area contributed by atoms with E-state index < -0.39 is 21.2 Å². The fourth-order valence-corrected chi connectivity index (χ4v) is 5.35.